The largest absolute Gasteiger partial charge is 0.416 e. The lowest BCUT2D eigenvalue weighted by Crippen LogP contribution is -2.48. The van der Waals surface area contributed by atoms with E-state index in [9.17, 15) is 18.0 Å². The van der Waals surface area contributed by atoms with Crippen LogP contribution < -0.4 is 4.90 Å². The smallest absolute Gasteiger partial charge is 0.345 e. The molecule has 3 aromatic rings. The standard InChI is InChI=1S/C31H35F3N4O/c1-23(2)37-19-15-28(16-20-37)38(30(39)12-9-24-7-10-26(11-8-24)31(32,33)34)22-25-5-4-6-29(21-25)36(3)27-13-17-35-18-14-27/h4-14,17-18,21,23,28H,15-16,19-20,22H2,1-3H3/b12-9+. The Bertz CT molecular complexity index is 1250. The second-order valence-corrected chi connectivity index (χ2v) is 10.2. The lowest BCUT2D eigenvalue weighted by molar-refractivity contribution is -0.137. The Kier molecular flexibility index (Phi) is 9.07. The van der Waals surface area contributed by atoms with E-state index in [2.05, 4.69) is 34.7 Å². The molecule has 2 aromatic carbocycles. The van der Waals surface area contributed by atoms with Crippen molar-refractivity contribution >= 4 is 23.4 Å². The zero-order valence-electron chi connectivity index (χ0n) is 22.6. The first-order valence-corrected chi connectivity index (χ1v) is 13.2. The normalized spacial score (nSPS) is 15.2. The molecule has 0 N–H and O–H groups in total. The molecule has 4 rings (SSSR count). The maximum atomic E-state index is 13.5. The number of aromatic nitrogens is 1. The first-order valence-electron chi connectivity index (χ1n) is 13.2. The predicted octanol–water partition coefficient (Wildman–Crippen LogP) is 6.78. The van der Waals surface area contributed by atoms with Crippen LogP contribution >= 0.6 is 0 Å². The van der Waals surface area contributed by atoms with Gasteiger partial charge in [-0.25, -0.2) is 0 Å². The number of piperidine rings is 1. The Hall–Kier alpha value is -3.65. The number of pyridine rings is 1. The van der Waals surface area contributed by atoms with Crippen LogP contribution in [0, 0.1) is 0 Å². The minimum atomic E-state index is -4.39. The third-order valence-corrected chi connectivity index (χ3v) is 7.31. The first-order chi connectivity index (χ1) is 18.6. The van der Waals surface area contributed by atoms with Gasteiger partial charge in [-0.15, -0.1) is 0 Å². The van der Waals surface area contributed by atoms with Crippen molar-refractivity contribution in [3.8, 4) is 0 Å². The number of halogens is 3. The molecule has 0 unspecified atom stereocenters. The highest BCUT2D eigenvalue weighted by Gasteiger charge is 2.30. The second kappa shape index (κ2) is 12.5. The number of benzene rings is 2. The second-order valence-electron chi connectivity index (χ2n) is 10.2. The summed E-state index contributed by atoms with van der Waals surface area (Å²) in [5, 5.41) is 0. The molecule has 1 aliphatic rings. The summed E-state index contributed by atoms with van der Waals surface area (Å²) < 4.78 is 38.7. The van der Waals surface area contributed by atoms with Crippen LogP contribution in [0.3, 0.4) is 0 Å². The Morgan fingerprint density at radius 3 is 2.31 bits per heavy atom. The minimum absolute atomic E-state index is 0.0753. The van der Waals surface area contributed by atoms with Gasteiger partial charge >= 0.3 is 6.18 Å². The average molecular weight is 537 g/mol. The number of likely N-dealkylation sites (tertiary alicyclic amines) is 1. The molecular weight excluding hydrogens is 501 g/mol. The summed E-state index contributed by atoms with van der Waals surface area (Å²) in [6.07, 6.45) is 3.92. The van der Waals surface area contributed by atoms with Crippen LogP contribution in [0.4, 0.5) is 24.5 Å². The number of anilines is 2. The van der Waals surface area contributed by atoms with Gasteiger partial charge in [0, 0.05) is 68.6 Å². The molecular formula is C31H35F3N4O. The number of hydrogen-bond acceptors (Lipinski definition) is 4. The van der Waals surface area contributed by atoms with E-state index in [-0.39, 0.29) is 11.9 Å². The average Bonchev–Trinajstić information content (AvgIpc) is 2.94. The summed E-state index contributed by atoms with van der Waals surface area (Å²) in [5.41, 5.74) is 2.86. The van der Waals surface area contributed by atoms with Crippen LogP contribution in [0.15, 0.2) is 79.1 Å². The number of carbonyl (C=O) groups is 1. The molecule has 5 nitrogen and oxygen atoms in total. The van der Waals surface area contributed by atoms with E-state index in [0.717, 1.165) is 55.0 Å². The zero-order valence-corrected chi connectivity index (χ0v) is 22.6. The Labute approximate surface area is 228 Å². The first kappa shape index (κ1) is 28.4. The molecule has 1 fully saturated rings. The molecule has 1 saturated heterocycles. The van der Waals surface area contributed by atoms with Crippen molar-refractivity contribution in [2.45, 2.75) is 51.5 Å². The van der Waals surface area contributed by atoms with E-state index < -0.39 is 11.7 Å². The van der Waals surface area contributed by atoms with Crippen molar-refractivity contribution in [3.05, 3.63) is 95.8 Å². The fraction of sp³-hybridized carbons (Fsp3) is 0.355. The molecule has 2 heterocycles. The van der Waals surface area contributed by atoms with E-state index in [1.165, 1.54) is 18.2 Å². The monoisotopic (exact) mass is 536 g/mol. The summed E-state index contributed by atoms with van der Waals surface area (Å²) in [4.78, 5) is 24.0. The van der Waals surface area contributed by atoms with Crippen LogP contribution in [-0.2, 0) is 17.5 Å². The summed E-state index contributed by atoms with van der Waals surface area (Å²) in [5.74, 6) is -0.147. The highest BCUT2D eigenvalue weighted by molar-refractivity contribution is 5.92. The van der Waals surface area contributed by atoms with Gasteiger partial charge in [-0.3, -0.25) is 9.78 Å². The lowest BCUT2D eigenvalue weighted by Gasteiger charge is -2.40. The van der Waals surface area contributed by atoms with E-state index in [1.807, 2.05) is 42.3 Å². The molecule has 0 spiro atoms. The summed E-state index contributed by atoms with van der Waals surface area (Å²) >= 11 is 0. The molecule has 0 bridgehead atoms. The molecule has 0 radical (unpaired) electrons. The number of rotatable bonds is 8. The Morgan fingerprint density at radius 1 is 1.03 bits per heavy atom. The molecule has 1 aromatic heterocycles. The predicted molar refractivity (Wildman–Crippen MR) is 150 cm³/mol. The molecule has 206 valence electrons. The van der Waals surface area contributed by atoms with Crippen molar-refractivity contribution in [3.63, 3.8) is 0 Å². The summed E-state index contributed by atoms with van der Waals surface area (Å²) in [6, 6.07) is 17.4. The number of amides is 1. The van der Waals surface area contributed by atoms with Crippen molar-refractivity contribution < 1.29 is 18.0 Å². The maximum absolute atomic E-state index is 13.5. The zero-order chi connectivity index (χ0) is 28.0. The van der Waals surface area contributed by atoms with E-state index in [0.29, 0.717) is 18.2 Å². The molecule has 1 amide bonds. The molecule has 39 heavy (non-hydrogen) atoms. The van der Waals surface area contributed by atoms with Crippen LogP contribution in [0.25, 0.3) is 6.08 Å². The Morgan fingerprint density at radius 2 is 1.69 bits per heavy atom. The van der Waals surface area contributed by atoms with Crippen molar-refractivity contribution in [1.29, 1.82) is 0 Å². The fourth-order valence-electron chi connectivity index (χ4n) is 4.92. The van der Waals surface area contributed by atoms with Crippen molar-refractivity contribution in [2.75, 3.05) is 25.0 Å². The van der Waals surface area contributed by atoms with Gasteiger partial charge in [0.15, 0.2) is 0 Å². The quantitative estimate of drug-likeness (QED) is 0.298. The van der Waals surface area contributed by atoms with E-state index in [1.54, 1.807) is 18.5 Å². The highest BCUT2D eigenvalue weighted by atomic mass is 19.4. The fourth-order valence-corrected chi connectivity index (χ4v) is 4.92. The molecule has 0 saturated carbocycles. The highest BCUT2D eigenvalue weighted by Crippen LogP contribution is 2.29. The van der Waals surface area contributed by atoms with Crippen molar-refractivity contribution in [1.82, 2.24) is 14.8 Å². The van der Waals surface area contributed by atoms with Gasteiger partial charge in [0.2, 0.25) is 5.91 Å². The van der Waals surface area contributed by atoms with Gasteiger partial charge in [-0.05, 0) is 80.3 Å². The molecule has 1 aliphatic heterocycles. The van der Waals surface area contributed by atoms with Gasteiger partial charge in [0.1, 0.15) is 0 Å². The van der Waals surface area contributed by atoms with Crippen LogP contribution in [0.1, 0.15) is 43.4 Å². The minimum Gasteiger partial charge on any atom is -0.345 e. The van der Waals surface area contributed by atoms with Gasteiger partial charge < -0.3 is 14.7 Å². The van der Waals surface area contributed by atoms with Crippen LogP contribution in [0.5, 0.6) is 0 Å². The van der Waals surface area contributed by atoms with Gasteiger partial charge in [0.25, 0.3) is 0 Å². The molecule has 8 heteroatoms. The van der Waals surface area contributed by atoms with Gasteiger partial charge in [-0.2, -0.15) is 13.2 Å². The Balaban J connectivity index is 1.54. The molecule has 0 atom stereocenters. The third-order valence-electron chi connectivity index (χ3n) is 7.31. The van der Waals surface area contributed by atoms with Crippen molar-refractivity contribution in [2.24, 2.45) is 0 Å². The lowest BCUT2D eigenvalue weighted by atomic mass is 10.0. The maximum Gasteiger partial charge on any atom is 0.416 e. The number of carbonyl (C=O) groups excluding carboxylic acids is 1. The van der Waals surface area contributed by atoms with Crippen LogP contribution in [-0.4, -0.2) is 52.9 Å². The molecule has 0 aliphatic carbocycles. The number of hydrogen-bond donors (Lipinski definition) is 0. The number of nitrogens with zero attached hydrogens (tertiary/aromatic N) is 4. The van der Waals surface area contributed by atoms with Crippen LogP contribution in [0.2, 0.25) is 0 Å². The third kappa shape index (κ3) is 7.47. The SMILES string of the molecule is CC(C)N1CCC(N(Cc2cccc(N(C)c3ccncc3)c2)C(=O)/C=C/c2ccc(C(F)(F)F)cc2)CC1. The van der Waals surface area contributed by atoms with E-state index in [4.69, 9.17) is 0 Å². The summed E-state index contributed by atoms with van der Waals surface area (Å²) in [6.45, 7) is 6.64. The number of alkyl halides is 3. The summed E-state index contributed by atoms with van der Waals surface area (Å²) in [7, 11) is 1.99. The topological polar surface area (TPSA) is 39.7 Å². The van der Waals surface area contributed by atoms with Gasteiger partial charge in [-0.1, -0.05) is 24.3 Å². The van der Waals surface area contributed by atoms with Gasteiger partial charge in [0.05, 0.1) is 5.56 Å². The van der Waals surface area contributed by atoms with E-state index >= 15 is 0 Å².